The Morgan fingerprint density at radius 1 is 1.37 bits per heavy atom. The van der Waals surface area contributed by atoms with Crippen LogP contribution in [0.4, 0.5) is 0 Å². The molecule has 0 fully saturated rings. The van der Waals surface area contributed by atoms with Crippen molar-refractivity contribution in [2.24, 2.45) is 11.7 Å². The van der Waals surface area contributed by atoms with E-state index in [0.717, 1.165) is 12.8 Å². The number of nitrogens with one attached hydrogen (secondary N) is 1. The first kappa shape index (κ1) is 19.7. The van der Waals surface area contributed by atoms with E-state index in [0.29, 0.717) is 6.42 Å². The summed E-state index contributed by atoms with van der Waals surface area (Å²) in [4.78, 5) is 21.2. The molecule has 0 spiro atoms. The van der Waals surface area contributed by atoms with Gasteiger partial charge in [0, 0.05) is 13.0 Å². The van der Waals surface area contributed by atoms with Crippen LogP contribution in [0, 0.1) is 17.2 Å². The van der Waals surface area contributed by atoms with Gasteiger partial charge in [-0.15, -0.1) is 0 Å². The molecule has 4 N–H and O–H groups in total. The predicted octanol–water partition coefficient (Wildman–Crippen LogP) is 1.26. The summed E-state index contributed by atoms with van der Waals surface area (Å²) in [5.41, 5.74) is 5.36. The normalized spacial score (nSPS) is 14.1. The van der Waals surface area contributed by atoms with Crippen molar-refractivity contribution >= 4 is 11.9 Å². The van der Waals surface area contributed by atoms with Gasteiger partial charge in [-0.25, -0.2) is 4.79 Å². The Hall–Kier alpha value is -1.61. The number of nitrogens with two attached hydrogens (primary N) is 1. The van der Waals surface area contributed by atoms with Crippen LogP contribution in [0.15, 0.2) is 0 Å². The highest BCUT2D eigenvalue weighted by molar-refractivity contribution is 5.82. The maximum absolute atomic E-state index is 10.6. The van der Waals surface area contributed by atoms with Crippen LogP contribution >= 0.6 is 0 Å². The van der Waals surface area contributed by atoms with Crippen LogP contribution in [0.1, 0.15) is 47.0 Å². The lowest BCUT2D eigenvalue weighted by molar-refractivity contribution is -0.143. The van der Waals surface area contributed by atoms with Crippen molar-refractivity contribution in [1.29, 1.82) is 5.26 Å². The number of hydrogen-bond donors (Lipinski definition) is 3. The molecule has 0 radical (unpaired) electrons. The van der Waals surface area contributed by atoms with Gasteiger partial charge in [0.1, 0.15) is 6.04 Å². The smallest absolute Gasteiger partial charge is 0.326 e. The van der Waals surface area contributed by atoms with E-state index in [1.807, 2.05) is 19.9 Å². The van der Waals surface area contributed by atoms with Crippen molar-refractivity contribution in [1.82, 2.24) is 5.32 Å². The second-order valence-corrected chi connectivity index (χ2v) is 4.43. The van der Waals surface area contributed by atoms with Gasteiger partial charge >= 0.3 is 5.97 Å². The number of carboxylic acids is 1. The molecule has 0 saturated carbocycles. The van der Waals surface area contributed by atoms with Crippen molar-refractivity contribution in [2.75, 3.05) is 0 Å². The molecule has 0 rings (SSSR count). The molecule has 0 saturated heterocycles. The Balaban J connectivity index is 0. The molecule has 3 atom stereocenters. The number of nitriles is 1. The fourth-order valence-corrected chi connectivity index (χ4v) is 1.16. The molecule has 0 aromatic rings. The van der Waals surface area contributed by atoms with Gasteiger partial charge < -0.3 is 16.2 Å². The van der Waals surface area contributed by atoms with E-state index in [4.69, 9.17) is 16.1 Å². The third-order valence-electron chi connectivity index (χ3n) is 2.72. The van der Waals surface area contributed by atoms with Crippen molar-refractivity contribution in [2.45, 2.75) is 59.0 Å². The van der Waals surface area contributed by atoms with Crippen molar-refractivity contribution < 1.29 is 14.7 Å². The Morgan fingerprint density at radius 2 is 1.89 bits per heavy atom. The zero-order chi connectivity index (χ0) is 15.4. The van der Waals surface area contributed by atoms with Gasteiger partial charge in [-0.2, -0.15) is 5.26 Å². The minimum Gasteiger partial charge on any atom is -0.480 e. The molecule has 0 heterocycles. The summed E-state index contributed by atoms with van der Waals surface area (Å²) in [6.07, 6.45) is 2.11. The number of carbonyl (C=O) groups excluding carboxylic acids is 1. The van der Waals surface area contributed by atoms with Gasteiger partial charge in [0.05, 0.1) is 12.5 Å². The molecule has 0 bridgehead atoms. The summed E-state index contributed by atoms with van der Waals surface area (Å²) in [7, 11) is 0. The van der Waals surface area contributed by atoms with Crippen LogP contribution in [0.3, 0.4) is 0 Å². The fraction of sp³-hybridized carbons (Fsp3) is 0.769. The SMILES string of the molecule is CCC(N)CC#N.CC[C@H](C)[C@H](NC(C)=O)C(=O)O. The highest BCUT2D eigenvalue weighted by Crippen LogP contribution is 2.07. The summed E-state index contributed by atoms with van der Waals surface area (Å²) in [6.45, 7) is 6.98. The number of rotatable bonds is 6. The number of carbonyl (C=O) groups is 2. The van der Waals surface area contributed by atoms with Crippen molar-refractivity contribution in [3.63, 3.8) is 0 Å². The highest BCUT2D eigenvalue weighted by atomic mass is 16.4. The molecule has 110 valence electrons. The van der Waals surface area contributed by atoms with Crippen LogP contribution in [-0.4, -0.2) is 29.1 Å². The van der Waals surface area contributed by atoms with E-state index >= 15 is 0 Å². The first-order chi connectivity index (χ1) is 8.79. The molecule has 0 aliphatic rings. The van der Waals surface area contributed by atoms with E-state index < -0.39 is 12.0 Å². The molecule has 1 unspecified atom stereocenters. The van der Waals surface area contributed by atoms with Crippen LogP contribution < -0.4 is 11.1 Å². The second-order valence-electron chi connectivity index (χ2n) is 4.43. The maximum atomic E-state index is 10.6. The average molecular weight is 271 g/mol. The van der Waals surface area contributed by atoms with Crippen molar-refractivity contribution in [3.05, 3.63) is 0 Å². The van der Waals surface area contributed by atoms with Gasteiger partial charge in [0.2, 0.25) is 5.91 Å². The lowest BCUT2D eigenvalue weighted by Crippen LogP contribution is -2.43. The predicted molar refractivity (Wildman–Crippen MR) is 73.2 cm³/mol. The molecule has 0 aliphatic carbocycles. The third-order valence-corrected chi connectivity index (χ3v) is 2.72. The van der Waals surface area contributed by atoms with E-state index in [9.17, 15) is 9.59 Å². The fourth-order valence-electron chi connectivity index (χ4n) is 1.16. The standard InChI is InChI=1S/C8H15NO3.C5H10N2/c1-4-5(2)7(8(11)12)9-6(3)10;1-2-5(7)3-4-6/h5,7H,4H2,1-3H3,(H,9,10)(H,11,12);5H,2-3,7H2,1H3/t5-,7-;/m0./s1. The van der Waals surface area contributed by atoms with Gasteiger partial charge in [0.25, 0.3) is 0 Å². The molecule has 1 amide bonds. The molecular formula is C13H25N3O3. The number of aliphatic carboxylic acids is 1. The molecule has 19 heavy (non-hydrogen) atoms. The first-order valence-corrected chi connectivity index (χ1v) is 6.42. The van der Waals surface area contributed by atoms with E-state index in [2.05, 4.69) is 5.32 Å². The topological polar surface area (TPSA) is 116 Å². The largest absolute Gasteiger partial charge is 0.480 e. The van der Waals surface area contributed by atoms with Crippen LogP contribution in [0.25, 0.3) is 0 Å². The molecule has 0 aromatic heterocycles. The molecule has 0 aliphatic heterocycles. The lowest BCUT2D eigenvalue weighted by atomic mass is 9.99. The third kappa shape index (κ3) is 11.2. The number of nitrogens with zero attached hydrogens (tertiary/aromatic N) is 1. The average Bonchev–Trinajstić information content (AvgIpc) is 2.35. The van der Waals surface area contributed by atoms with Crippen molar-refractivity contribution in [3.8, 4) is 6.07 Å². The van der Waals surface area contributed by atoms with Crippen LogP contribution in [0.5, 0.6) is 0 Å². The monoisotopic (exact) mass is 271 g/mol. The Kier molecular flexibility index (Phi) is 11.9. The maximum Gasteiger partial charge on any atom is 0.326 e. The molecule has 6 nitrogen and oxygen atoms in total. The minimum atomic E-state index is -0.973. The Morgan fingerprint density at radius 3 is 2.11 bits per heavy atom. The molecular weight excluding hydrogens is 246 g/mol. The summed E-state index contributed by atoms with van der Waals surface area (Å²) in [5.74, 6) is -1.31. The second kappa shape index (κ2) is 11.5. The van der Waals surface area contributed by atoms with Gasteiger partial charge in [0.15, 0.2) is 0 Å². The summed E-state index contributed by atoms with van der Waals surface area (Å²) < 4.78 is 0. The zero-order valence-corrected chi connectivity index (χ0v) is 12.1. The number of carboxylic acid groups (broad SMARTS) is 1. The summed E-state index contributed by atoms with van der Waals surface area (Å²) in [6, 6.07) is 1.32. The highest BCUT2D eigenvalue weighted by Gasteiger charge is 2.23. The van der Waals surface area contributed by atoms with Crippen LogP contribution in [-0.2, 0) is 9.59 Å². The summed E-state index contributed by atoms with van der Waals surface area (Å²) >= 11 is 0. The Bertz CT molecular complexity index is 313. The quantitative estimate of drug-likeness (QED) is 0.672. The van der Waals surface area contributed by atoms with E-state index in [1.54, 1.807) is 6.92 Å². The first-order valence-electron chi connectivity index (χ1n) is 6.42. The van der Waals surface area contributed by atoms with Crippen LogP contribution in [0.2, 0.25) is 0 Å². The van der Waals surface area contributed by atoms with Gasteiger partial charge in [-0.1, -0.05) is 27.2 Å². The zero-order valence-electron chi connectivity index (χ0n) is 12.1. The molecule has 0 aromatic carbocycles. The summed E-state index contributed by atoms with van der Waals surface area (Å²) in [5, 5.41) is 19.1. The Labute approximate surface area is 115 Å². The number of amides is 1. The van der Waals surface area contributed by atoms with E-state index in [-0.39, 0.29) is 17.9 Å². The lowest BCUT2D eigenvalue weighted by Gasteiger charge is -2.18. The minimum absolute atomic E-state index is 0.0357. The van der Waals surface area contributed by atoms with E-state index in [1.165, 1.54) is 6.92 Å². The molecule has 6 heteroatoms. The van der Waals surface area contributed by atoms with Gasteiger partial charge in [-0.05, 0) is 12.3 Å². The number of hydrogen-bond acceptors (Lipinski definition) is 4. The van der Waals surface area contributed by atoms with Gasteiger partial charge in [-0.3, -0.25) is 4.79 Å².